The zero-order chi connectivity index (χ0) is 20.7. The van der Waals surface area contributed by atoms with Crippen LogP contribution in [0.3, 0.4) is 0 Å². The van der Waals surface area contributed by atoms with Crippen LogP contribution in [0.2, 0.25) is 0 Å². The molecule has 0 aliphatic rings. The maximum Gasteiger partial charge on any atom is 0.0376 e. The Hall–Kier alpha value is -2.94. The predicted molar refractivity (Wildman–Crippen MR) is 122 cm³/mol. The normalized spacial score (nSPS) is 11.2. The molecule has 0 saturated carbocycles. The van der Waals surface area contributed by atoms with Crippen molar-refractivity contribution in [1.82, 2.24) is 0 Å². The van der Waals surface area contributed by atoms with E-state index in [-0.39, 0.29) is 5.92 Å². The number of nitrogens with two attached hydrogens (primary N) is 3. The molecule has 0 aromatic heterocycles. The Balaban J connectivity index is 2.38. The number of benzene rings is 3. The monoisotopic (exact) mass is 373 g/mol. The second-order valence-corrected chi connectivity index (χ2v) is 7.96. The van der Waals surface area contributed by atoms with E-state index in [0.717, 1.165) is 50.4 Å². The standard InChI is InChI=1S/C25H31N3/c1-13-7-10-19(16(4)23(13)26)22(20-11-8-14(2)24(27)17(20)5)21-12-9-15(3)25(28)18(21)6/h7-12,22H,26-28H2,1-6H3. The Kier molecular flexibility index (Phi) is 5.12. The van der Waals surface area contributed by atoms with Gasteiger partial charge in [0.25, 0.3) is 0 Å². The molecule has 0 aliphatic carbocycles. The van der Waals surface area contributed by atoms with Crippen molar-refractivity contribution in [3.8, 4) is 0 Å². The summed E-state index contributed by atoms with van der Waals surface area (Å²) in [6.07, 6.45) is 0. The summed E-state index contributed by atoms with van der Waals surface area (Å²) in [5.74, 6) is 0.0219. The second-order valence-electron chi connectivity index (χ2n) is 7.96. The van der Waals surface area contributed by atoms with Crippen molar-refractivity contribution in [2.45, 2.75) is 47.5 Å². The molecule has 0 heterocycles. The highest BCUT2D eigenvalue weighted by molar-refractivity contribution is 5.67. The van der Waals surface area contributed by atoms with Crippen LogP contribution in [0.4, 0.5) is 17.1 Å². The summed E-state index contributed by atoms with van der Waals surface area (Å²) in [7, 11) is 0. The van der Waals surface area contributed by atoms with E-state index in [1.54, 1.807) is 0 Å². The largest absolute Gasteiger partial charge is 0.398 e. The maximum atomic E-state index is 6.41. The molecule has 0 fully saturated rings. The third kappa shape index (κ3) is 3.11. The molecule has 0 atom stereocenters. The Morgan fingerprint density at radius 1 is 0.464 bits per heavy atom. The van der Waals surface area contributed by atoms with Gasteiger partial charge in [-0.05, 0) is 91.6 Å². The molecule has 3 heteroatoms. The smallest absolute Gasteiger partial charge is 0.0376 e. The van der Waals surface area contributed by atoms with Gasteiger partial charge in [-0.15, -0.1) is 0 Å². The molecule has 3 nitrogen and oxygen atoms in total. The molecule has 3 rings (SSSR count). The first-order valence-electron chi connectivity index (χ1n) is 9.71. The SMILES string of the molecule is Cc1ccc(C(c2ccc(C)c(N)c2C)c2ccc(C)c(N)c2C)c(C)c1N. The van der Waals surface area contributed by atoms with Crippen LogP contribution >= 0.6 is 0 Å². The lowest BCUT2D eigenvalue weighted by atomic mass is 9.78. The number of nitrogen functional groups attached to an aromatic ring is 3. The minimum atomic E-state index is 0.0219. The van der Waals surface area contributed by atoms with Gasteiger partial charge in [0, 0.05) is 23.0 Å². The van der Waals surface area contributed by atoms with Gasteiger partial charge in [0.05, 0.1) is 0 Å². The van der Waals surface area contributed by atoms with Crippen molar-refractivity contribution >= 4 is 17.1 Å². The number of rotatable bonds is 3. The summed E-state index contributed by atoms with van der Waals surface area (Å²) in [6.45, 7) is 12.4. The Bertz CT molecular complexity index is 927. The molecule has 3 aromatic carbocycles. The topological polar surface area (TPSA) is 78.1 Å². The van der Waals surface area contributed by atoms with Gasteiger partial charge >= 0.3 is 0 Å². The van der Waals surface area contributed by atoms with Gasteiger partial charge in [0.1, 0.15) is 0 Å². The number of anilines is 3. The molecule has 0 aliphatic heterocycles. The molecule has 0 saturated heterocycles. The molecule has 3 aromatic rings. The fraction of sp³-hybridized carbons (Fsp3) is 0.280. The van der Waals surface area contributed by atoms with Gasteiger partial charge in [-0.3, -0.25) is 0 Å². The lowest BCUT2D eigenvalue weighted by molar-refractivity contribution is 0.936. The van der Waals surface area contributed by atoms with Crippen molar-refractivity contribution in [2.75, 3.05) is 17.2 Å². The molecule has 0 spiro atoms. The van der Waals surface area contributed by atoms with Crippen molar-refractivity contribution in [3.05, 3.63) is 86.5 Å². The van der Waals surface area contributed by atoms with Gasteiger partial charge in [0.2, 0.25) is 0 Å². The zero-order valence-electron chi connectivity index (χ0n) is 17.8. The van der Waals surface area contributed by atoms with Crippen molar-refractivity contribution in [3.63, 3.8) is 0 Å². The van der Waals surface area contributed by atoms with E-state index in [0.29, 0.717) is 0 Å². The van der Waals surface area contributed by atoms with E-state index in [2.05, 4.69) is 57.2 Å². The van der Waals surface area contributed by atoms with E-state index in [1.165, 1.54) is 16.7 Å². The molecular formula is C25H31N3. The summed E-state index contributed by atoms with van der Waals surface area (Å²) in [5, 5.41) is 0. The molecular weight excluding hydrogens is 342 g/mol. The van der Waals surface area contributed by atoms with E-state index < -0.39 is 0 Å². The lowest BCUT2D eigenvalue weighted by Gasteiger charge is -2.27. The summed E-state index contributed by atoms with van der Waals surface area (Å²) in [4.78, 5) is 0. The summed E-state index contributed by atoms with van der Waals surface area (Å²) in [5.41, 5.74) is 32.0. The van der Waals surface area contributed by atoms with Crippen molar-refractivity contribution in [1.29, 1.82) is 0 Å². The first-order valence-corrected chi connectivity index (χ1v) is 9.71. The molecule has 0 radical (unpaired) electrons. The molecule has 0 unspecified atom stereocenters. The molecule has 0 bridgehead atoms. The highest BCUT2D eigenvalue weighted by atomic mass is 14.6. The van der Waals surface area contributed by atoms with Gasteiger partial charge in [-0.2, -0.15) is 0 Å². The molecule has 0 amide bonds. The Morgan fingerprint density at radius 2 is 0.714 bits per heavy atom. The first-order chi connectivity index (χ1) is 13.1. The summed E-state index contributed by atoms with van der Waals surface area (Å²) < 4.78 is 0. The maximum absolute atomic E-state index is 6.41. The second kappa shape index (κ2) is 7.23. The van der Waals surface area contributed by atoms with E-state index in [1.807, 2.05) is 20.8 Å². The Labute approximate surface area is 168 Å². The van der Waals surface area contributed by atoms with E-state index in [9.17, 15) is 0 Å². The third-order valence-corrected chi connectivity index (χ3v) is 6.26. The molecule has 28 heavy (non-hydrogen) atoms. The quantitative estimate of drug-likeness (QED) is 0.421. The van der Waals surface area contributed by atoms with Crippen molar-refractivity contribution < 1.29 is 0 Å². The van der Waals surface area contributed by atoms with E-state index >= 15 is 0 Å². The van der Waals surface area contributed by atoms with Crippen LogP contribution in [0, 0.1) is 41.5 Å². The number of hydrogen-bond acceptors (Lipinski definition) is 3. The predicted octanol–water partition coefficient (Wildman–Crippen LogP) is 5.46. The fourth-order valence-corrected chi connectivity index (χ4v) is 4.08. The van der Waals surface area contributed by atoms with Crippen molar-refractivity contribution in [2.24, 2.45) is 0 Å². The average Bonchev–Trinajstić information content (AvgIpc) is 2.67. The molecule has 146 valence electrons. The van der Waals surface area contributed by atoms with Crippen LogP contribution in [0.1, 0.15) is 56.0 Å². The van der Waals surface area contributed by atoms with Gasteiger partial charge in [-0.1, -0.05) is 36.4 Å². The summed E-state index contributed by atoms with van der Waals surface area (Å²) >= 11 is 0. The van der Waals surface area contributed by atoms with Crippen LogP contribution < -0.4 is 17.2 Å². The Morgan fingerprint density at radius 3 is 0.964 bits per heavy atom. The molecule has 6 N–H and O–H groups in total. The first kappa shape index (κ1) is 19.8. The highest BCUT2D eigenvalue weighted by Gasteiger charge is 2.25. The van der Waals surface area contributed by atoms with Crippen LogP contribution in [0.5, 0.6) is 0 Å². The highest BCUT2D eigenvalue weighted by Crippen LogP contribution is 2.41. The summed E-state index contributed by atoms with van der Waals surface area (Å²) in [6, 6.07) is 12.9. The minimum Gasteiger partial charge on any atom is -0.398 e. The number of aryl methyl sites for hydroxylation is 3. The number of hydrogen-bond donors (Lipinski definition) is 3. The van der Waals surface area contributed by atoms with Crippen LogP contribution in [-0.4, -0.2) is 0 Å². The van der Waals surface area contributed by atoms with Crippen LogP contribution in [0.25, 0.3) is 0 Å². The average molecular weight is 374 g/mol. The van der Waals surface area contributed by atoms with Crippen LogP contribution in [0.15, 0.2) is 36.4 Å². The van der Waals surface area contributed by atoms with Gasteiger partial charge < -0.3 is 17.2 Å². The lowest BCUT2D eigenvalue weighted by Crippen LogP contribution is -2.13. The zero-order valence-corrected chi connectivity index (χ0v) is 17.8. The minimum absolute atomic E-state index is 0.0219. The van der Waals surface area contributed by atoms with Gasteiger partial charge in [-0.25, -0.2) is 0 Å². The van der Waals surface area contributed by atoms with E-state index in [4.69, 9.17) is 17.2 Å². The van der Waals surface area contributed by atoms with Gasteiger partial charge in [0.15, 0.2) is 0 Å². The third-order valence-electron chi connectivity index (χ3n) is 6.26. The fourth-order valence-electron chi connectivity index (χ4n) is 4.08. The van der Waals surface area contributed by atoms with Crippen LogP contribution in [-0.2, 0) is 0 Å².